The molecular formula is C15H23NO2. The molecule has 0 fully saturated rings. The van der Waals surface area contributed by atoms with E-state index in [-0.39, 0.29) is 5.54 Å². The van der Waals surface area contributed by atoms with Crippen molar-refractivity contribution in [3.63, 3.8) is 0 Å². The molecule has 1 aliphatic rings. The van der Waals surface area contributed by atoms with Gasteiger partial charge in [-0.25, -0.2) is 0 Å². The van der Waals surface area contributed by atoms with E-state index in [1.807, 2.05) is 0 Å². The molecule has 18 heavy (non-hydrogen) atoms. The minimum absolute atomic E-state index is 0.132. The highest BCUT2D eigenvalue weighted by atomic mass is 16.5. The zero-order valence-corrected chi connectivity index (χ0v) is 12.0. The van der Waals surface area contributed by atoms with Crippen LogP contribution in [-0.2, 0) is 6.42 Å². The third-order valence-corrected chi connectivity index (χ3v) is 3.63. The van der Waals surface area contributed by atoms with Gasteiger partial charge in [0.2, 0.25) is 0 Å². The van der Waals surface area contributed by atoms with Crippen LogP contribution in [-0.4, -0.2) is 19.8 Å². The molecule has 0 radical (unpaired) electrons. The maximum Gasteiger partial charge on any atom is 0.161 e. The summed E-state index contributed by atoms with van der Waals surface area (Å²) < 4.78 is 10.8. The lowest BCUT2D eigenvalue weighted by Crippen LogP contribution is -2.47. The minimum Gasteiger partial charge on any atom is -0.493 e. The van der Waals surface area contributed by atoms with Crippen LogP contribution in [0.4, 0.5) is 0 Å². The predicted molar refractivity (Wildman–Crippen MR) is 73.5 cm³/mol. The Labute approximate surface area is 109 Å². The van der Waals surface area contributed by atoms with E-state index in [1.54, 1.807) is 14.2 Å². The highest BCUT2D eigenvalue weighted by Crippen LogP contribution is 2.39. The molecule has 1 aromatic rings. The Bertz CT molecular complexity index is 440. The lowest BCUT2D eigenvalue weighted by molar-refractivity contribution is 0.299. The molecule has 1 aromatic carbocycles. The number of nitrogens with one attached hydrogen (secondary N) is 1. The van der Waals surface area contributed by atoms with Gasteiger partial charge in [-0.1, -0.05) is 6.92 Å². The second kappa shape index (κ2) is 4.81. The summed E-state index contributed by atoms with van der Waals surface area (Å²) in [5, 5.41) is 3.69. The molecule has 1 atom stereocenters. The lowest BCUT2D eigenvalue weighted by atomic mass is 9.82. The Morgan fingerprint density at radius 2 is 1.83 bits per heavy atom. The Balaban J connectivity index is 2.51. The van der Waals surface area contributed by atoms with Gasteiger partial charge < -0.3 is 14.8 Å². The molecule has 1 N–H and O–H groups in total. The predicted octanol–water partition coefficient (Wildman–Crippen LogP) is 3.08. The van der Waals surface area contributed by atoms with Crippen LogP contribution in [0.1, 0.15) is 44.4 Å². The van der Waals surface area contributed by atoms with Crippen molar-refractivity contribution in [3.05, 3.63) is 23.3 Å². The minimum atomic E-state index is 0.132. The summed E-state index contributed by atoms with van der Waals surface area (Å²) in [7, 11) is 3.37. The molecular weight excluding hydrogens is 226 g/mol. The monoisotopic (exact) mass is 249 g/mol. The Morgan fingerprint density at radius 3 is 2.39 bits per heavy atom. The van der Waals surface area contributed by atoms with E-state index in [0.717, 1.165) is 24.3 Å². The molecule has 0 aromatic heterocycles. The molecule has 0 aliphatic carbocycles. The van der Waals surface area contributed by atoms with Gasteiger partial charge in [0.1, 0.15) is 0 Å². The fourth-order valence-electron chi connectivity index (χ4n) is 2.81. The average molecular weight is 249 g/mol. The van der Waals surface area contributed by atoms with Crippen molar-refractivity contribution in [2.75, 3.05) is 14.2 Å². The number of ether oxygens (including phenoxy) is 2. The second-order valence-electron chi connectivity index (χ2n) is 5.57. The summed E-state index contributed by atoms with van der Waals surface area (Å²) in [6.45, 7) is 6.70. The standard InChI is InChI=1S/C15H23NO2/c1-6-12-11-8-14(18-5)13(17-4)7-10(11)9-15(2,3)16-12/h7-8,12,16H,6,9H2,1-5H3. The van der Waals surface area contributed by atoms with Crippen molar-refractivity contribution < 1.29 is 9.47 Å². The van der Waals surface area contributed by atoms with Crippen LogP contribution in [0.15, 0.2) is 12.1 Å². The lowest BCUT2D eigenvalue weighted by Gasteiger charge is -2.39. The first-order chi connectivity index (χ1) is 8.50. The number of methoxy groups -OCH3 is 2. The van der Waals surface area contributed by atoms with Crippen LogP contribution in [0.5, 0.6) is 11.5 Å². The summed E-state index contributed by atoms with van der Waals surface area (Å²) in [5.41, 5.74) is 2.84. The van der Waals surface area contributed by atoms with E-state index in [9.17, 15) is 0 Å². The van der Waals surface area contributed by atoms with Crippen molar-refractivity contribution in [1.29, 1.82) is 0 Å². The zero-order chi connectivity index (χ0) is 13.3. The van der Waals surface area contributed by atoms with Crippen molar-refractivity contribution in [3.8, 4) is 11.5 Å². The van der Waals surface area contributed by atoms with E-state index in [2.05, 4.69) is 38.2 Å². The van der Waals surface area contributed by atoms with Gasteiger partial charge >= 0.3 is 0 Å². The normalized spacial score (nSPS) is 21.3. The van der Waals surface area contributed by atoms with Gasteiger partial charge in [0.05, 0.1) is 14.2 Å². The van der Waals surface area contributed by atoms with Crippen LogP contribution >= 0.6 is 0 Å². The summed E-state index contributed by atoms with van der Waals surface area (Å²) in [4.78, 5) is 0. The van der Waals surface area contributed by atoms with E-state index < -0.39 is 0 Å². The van der Waals surface area contributed by atoms with Gasteiger partial charge in [0, 0.05) is 11.6 Å². The van der Waals surface area contributed by atoms with E-state index in [4.69, 9.17) is 9.47 Å². The second-order valence-corrected chi connectivity index (χ2v) is 5.57. The largest absolute Gasteiger partial charge is 0.493 e. The third kappa shape index (κ3) is 2.32. The number of hydrogen-bond donors (Lipinski definition) is 1. The molecule has 3 heteroatoms. The maximum absolute atomic E-state index is 5.39. The summed E-state index contributed by atoms with van der Waals surface area (Å²) >= 11 is 0. The summed E-state index contributed by atoms with van der Waals surface area (Å²) in [6, 6.07) is 4.63. The fourth-order valence-corrected chi connectivity index (χ4v) is 2.81. The molecule has 1 aliphatic heterocycles. The Kier molecular flexibility index (Phi) is 3.53. The SMILES string of the molecule is CCC1NC(C)(C)Cc2cc(OC)c(OC)cc21. The highest BCUT2D eigenvalue weighted by molar-refractivity contribution is 5.50. The van der Waals surface area contributed by atoms with Crippen LogP contribution in [0, 0.1) is 0 Å². The van der Waals surface area contributed by atoms with Gasteiger partial charge in [0.25, 0.3) is 0 Å². The molecule has 0 amide bonds. The first kappa shape index (κ1) is 13.2. The van der Waals surface area contributed by atoms with Crippen molar-refractivity contribution in [2.45, 2.75) is 45.2 Å². The Hall–Kier alpha value is -1.22. The molecule has 3 nitrogen and oxygen atoms in total. The molecule has 0 spiro atoms. The smallest absolute Gasteiger partial charge is 0.161 e. The van der Waals surface area contributed by atoms with E-state index >= 15 is 0 Å². The molecule has 2 rings (SSSR count). The number of benzene rings is 1. The highest BCUT2D eigenvalue weighted by Gasteiger charge is 2.31. The first-order valence-corrected chi connectivity index (χ1v) is 6.53. The van der Waals surface area contributed by atoms with Crippen LogP contribution < -0.4 is 14.8 Å². The molecule has 1 heterocycles. The first-order valence-electron chi connectivity index (χ1n) is 6.53. The van der Waals surface area contributed by atoms with E-state index in [1.165, 1.54) is 11.1 Å². The number of hydrogen-bond acceptors (Lipinski definition) is 3. The van der Waals surface area contributed by atoms with Crippen LogP contribution in [0.3, 0.4) is 0 Å². The molecule has 1 unspecified atom stereocenters. The quantitative estimate of drug-likeness (QED) is 0.893. The van der Waals surface area contributed by atoms with Crippen molar-refractivity contribution in [1.82, 2.24) is 5.32 Å². The number of rotatable bonds is 3. The van der Waals surface area contributed by atoms with Gasteiger partial charge in [-0.05, 0) is 49.9 Å². The van der Waals surface area contributed by atoms with Gasteiger partial charge in [-0.2, -0.15) is 0 Å². The molecule has 100 valence electrons. The molecule has 0 saturated heterocycles. The molecule has 0 saturated carbocycles. The Morgan fingerprint density at radius 1 is 1.22 bits per heavy atom. The van der Waals surface area contributed by atoms with Crippen molar-refractivity contribution in [2.24, 2.45) is 0 Å². The van der Waals surface area contributed by atoms with Crippen molar-refractivity contribution >= 4 is 0 Å². The third-order valence-electron chi connectivity index (χ3n) is 3.63. The number of fused-ring (bicyclic) bond motifs is 1. The maximum atomic E-state index is 5.39. The van der Waals surface area contributed by atoms with E-state index in [0.29, 0.717) is 6.04 Å². The van der Waals surface area contributed by atoms with Crippen LogP contribution in [0.25, 0.3) is 0 Å². The van der Waals surface area contributed by atoms with Gasteiger partial charge in [-0.3, -0.25) is 0 Å². The summed E-state index contributed by atoms with van der Waals surface area (Å²) in [6.07, 6.45) is 2.09. The van der Waals surface area contributed by atoms with Crippen LogP contribution in [0.2, 0.25) is 0 Å². The van der Waals surface area contributed by atoms with Gasteiger partial charge in [0.15, 0.2) is 11.5 Å². The van der Waals surface area contributed by atoms with Gasteiger partial charge in [-0.15, -0.1) is 0 Å². The molecule has 0 bridgehead atoms. The summed E-state index contributed by atoms with van der Waals surface area (Å²) in [5.74, 6) is 1.64. The topological polar surface area (TPSA) is 30.5 Å². The fraction of sp³-hybridized carbons (Fsp3) is 0.600. The zero-order valence-electron chi connectivity index (χ0n) is 12.0. The average Bonchev–Trinajstić information content (AvgIpc) is 2.35.